The van der Waals surface area contributed by atoms with Gasteiger partial charge in [-0.05, 0) is 12.1 Å². The summed E-state index contributed by atoms with van der Waals surface area (Å²) in [5.74, 6) is -0.315. The van der Waals surface area contributed by atoms with E-state index in [1.54, 1.807) is 18.2 Å². The van der Waals surface area contributed by atoms with Crippen molar-refractivity contribution >= 4 is 5.82 Å². The summed E-state index contributed by atoms with van der Waals surface area (Å²) >= 11 is 0. The Bertz CT molecular complexity index is 539. The molecule has 0 aliphatic heterocycles. The van der Waals surface area contributed by atoms with Crippen molar-refractivity contribution in [3.63, 3.8) is 0 Å². The first-order chi connectivity index (χ1) is 7.22. The Kier molecular flexibility index (Phi) is 2.10. The third-order valence-corrected chi connectivity index (χ3v) is 1.96. The van der Waals surface area contributed by atoms with Gasteiger partial charge >= 0.3 is 0 Å². The summed E-state index contributed by atoms with van der Waals surface area (Å²) in [5, 5.41) is 12.5. The highest BCUT2D eigenvalue weighted by Crippen LogP contribution is 2.15. The molecule has 0 atom stereocenters. The molecule has 4 nitrogen and oxygen atoms in total. The molecule has 0 aliphatic rings. The number of nitrogens with zero attached hydrogens (tertiary/aromatic N) is 3. The Hall–Kier alpha value is -2.35. The second-order valence-corrected chi connectivity index (χ2v) is 2.94. The fourth-order valence-electron chi connectivity index (χ4n) is 1.23. The van der Waals surface area contributed by atoms with Crippen molar-refractivity contribution in [2.75, 3.05) is 5.73 Å². The molecule has 0 spiro atoms. The lowest BCUT2D eigenvalue weighted by Gasteiger charge is -2.00. The van der Waals surface area contributed by atoms with E-state index in [-0.39, 0.29) is 17.1 Å². The van der Waals surface area contributed by atoms with Crippen LogP contribution in [0.1, 0.15) is 5.56 Å². The number of hydrogen-bond acceptors (Lipinski definition) is 3. The zero-order chi connectivity index (χ0) is 10.8. The maximum Gasteiger partial charge on any atom is 0.163 e. The quantitative estimate of drug-likeness (QED) is 0.761. The van der Waals surface area contributed by atoms with E-state index >= 15 is 0 Å². The third kappa shape index (κ3) is 1.53. The number of rotatable bonds is 1. The Morgan fingerprint density at radius 2 is 2.13 bits per heavy atom. The average Bonchev–Trinajstić information content (AvgIpc) is 2.60. The molecule has 0 unspecified atom stereocenters. The largest absolute Gasteiger partial charge is 0.381 e. The molecule has 0 aliphatic carbocycles. The number of halogens is 1. The van der Waals surface area contributed by atoms with Gasteiger partial charge in [-0.3, -0.25) is 0 Å². The second kappa shape index (κ2) is 3.42. The van der Waals surface area contributed by atoms with Crippen LogP contribution in [0, 0.1) is 17.1 Å². The normalized spacial score (nSPS) is 9.87. The molecular weight excluding hydrogens is 195 g/mol. The van der Waals surface area contributed by atoms with Crippen molar-refractivity contribution < 1.29 is 4.39 Å². The van der Waals surface area contributed by atoms with Gasteiger partial charge in [0.05, 0.1) is 6.20 Å². The highest BCUT2D eigenvalue weighted by atomic mass is 19.1. The first-order valence-electron chi connectivity index (χ1n) is 4.22. The maximum atomic E-state index is 13.3. The fourth-order valence-corrected chi connectivity index (χ4v) is 1.23. The van der Waals surface area contributed by atoms with Gasteiger partial charge in [-0.25, -0.2) is 9.07 Å². The predicted molar refractivity (Wildman–Crippen MR) is 52.6 cm³/mol. The lowest BCUT2D eigenvalue weighted by atomic mass is 10.3. The van der Waals surface area contributed by atoms with Crippen LogP contribution >= 0.6 is 0 Å². The van der Waals surface area contributed by atoms with Crippen LogP contribution in [0.3, 0.4) is 0 Å². The summed E-state index contributed by atoms with van der Waals surface area (Å²) in [4.78, 5) is 0. The van der Waals surface area contributed by atoms with Crippen LogP contribution in [-0.4, -0.2) is 9.78 Å². The first-order valence-corrected chi connectivity index (χ1v) is 4.22. The van der Waals surface area contributed by atoms with Gasteiger partial charge in [-0.15, -0.1) is 5.10 Å². The van der Waals surface area contributed by atoms with Crippen LogP contribution in [-0.2, 0) is 0 Å². The van der Waals surface area contributed by atoms with Crippen LogP contribution < -0.4 is 5.73 Å². The Labute approximate surface area is 85.4 Å². The molecule has 0 amide bonds. The summed E-state index contributed by atoms with van der Waals surface area (Å²) < 4.78 is 14.6. The van der Waals surface area contributed by atoms with Crippen molar-refractivity contribution in [3.8, 4) is 11.8 Å². The smallest absolute Gasteiger partial charge is 0.163 e. The zero-order valence-corrected chi connectivity index (χ0v) is 7.68. The highest BCUT2D eigenvalue weighted by molar-refractivity contribution is 5.49. The minimum absolute atomic E-state index is 0.0979. The summed E-state index contributed by atoms with van der Waals surface area (Å²) in [6.45, 7) is 0. The standard InChI is InChI=1S/C10H7FN4/c11-8-3-1-2-4-9(8)15-6-7(5-12)10(13)14-15/h1-4,6H,(H2,13,14). The van der Waals surface area contributed by atoms with Gasteiger partial charge in [0.2, 0.25) is 0 Å². The molecule has 5 heteroatoms. The predicted octanol–water partition coefficient (Wildman–Crippen LogP) is 1.47. The van der Waals surface area contributed by atoms with Gasteiger partial charge in [0.15, 0.2) is 5.82 Å². The number of para-hydroxylation sites is 1. The van der Waals surface area contributed by atoms with Crippen LogP contribution in [0.25, 0.3) is 5.69 Å². The number of benzene rings is 1. The van der Waals surface area contributed by atoms with E-state index in [4.69, 9.17) is 11.0 Å². The molecule has 0 radical (unpaired) electrons. The summed E-state index contributed by atoms with van der Waals surface area (Å²) in [5.41, 5.74) is 5.97. The highest BCUT2D eigenvalue weighted by Gasteiger charge is 2.08. The van der Waals surface area contributed by atoms with Crippen LogP contribution in [0.5, 0.6) is 0 Å². The summed E-state index contributed by atoms with van der Waals surface area (Å²) in [6, 6.07) is 8.01. The lowest BCUT2D eigenvalue weighted by Crippen LogP contribution is -1.98. The van der Waals surface area contributed by atoms with Crippen molar-refractivity contribution in [2.24, 2.45) is 0 Å². The second-order valence-electron chi connectivity index (χ2n) is 2.94. The molecular formula is C10H7FN4. The average molecular weight is 202 g/mol. The van der Waals surface area contributed by atoms with Crippen LogP contribution in [0.15, 0.2) is 30.5 Å². The van der Waals surface area contributed by atoms with Crippen molar-refractivity contribution in [1.29, 1.82) is 5.26 Å². The molecule has 0 saturated heterocycles. The van der Waals surface area contributed by atoms with Crippen molar-refractivity contribution in [2.45, 2.75) is 0 Å². The summed E-state index contributed by atoms with van der Waals surface area (Å²) in [7, 11) is 0. The lowest BCUT2D eigenvalue weighted by molar-refractivity contribution is 0.611. The van der Waals surface area contributed by atoms with Gasteiger partial charge in [-0.1, -0.05) is 12.1 Å². The number of nitrogen functional groups attached to an aromatic ring is 1. The van der Waals surface area contributed by atoms with Gasteiger partial charge in [0.1, 0.15) is 23.1 Å². The van der Waals surface area contributed by atoms with E-state index < -0.39 is 5.82 Å². The molecule has 2 aromatic rings. The van der Waals surface area contributed by atoms with E-state index in [0.29, 0.717) is 0 Å². The first kappa shape index (κ1) is 9.21. The molecule has 15 heavy (non-hydrogen) atoms. The monoisotopic (exact) mass is 202 g/mol. The molecule has 2 N–H and O–H groups in total. The molecule has 74 valence electrons. The molecule has 1 aromatic carbocycles. The van der Waals surface area contributed by atoms with Gasteiger partial charge in [0, 0.05) is 0 Å². The number of hydrogen-bond donors (Lipinski definition) is 1. The minimum Gasteiger partial charge on any atom is -0.381 e. The molecule has 2 rings (SSSR count). The fraction of sp³-hybridized carbons (Fsp3) is 0. The van der Waals surface area contributed by atoms with E-state index in [1.165, 1.54) is 16.9 Å². The Balaban J connectivity index is 2.56. The van der Waals surface area contributed by atoms with E-state index in [1.807, 2.05) is 6.07 Å². The number of aromatic nitrogens is 2. The number of nitrogens with two attached hydrogens (primary N) is 1. The van der Waals surface area contributed by atoms with E-state index in [9.17, 15) is 4.39 Å². The van der Waals surface area contributed by atoms with E-state index in [0.717, 1.165) is 0 Å². The topological polar surface area (TPSA) is 67.6 Å². The zero-order valence-electron chi connectivity index (χ0n) is 7.68. The third-order valence-electron chi connectivity index (χ3n) is 1.96. The molecule has 1 aromatic heterocycles. The van der Waals surface area contributed by atoms with E-state index in [2.05, 4.69) is 5.10 Å². The van der Waals surface area contributed by atoms with Crippen LogP contribution in [0.4, 0.5) is 10.2 Å². The Morgan fingerprint density at radius 3 is 2.73 bits per heavy atom. The minimum atomic E-state index is -0.413. The molecule has 0 bridgehead atoms. The molecule has 1 heterocycles. The van der Waals surface area contributed by atoms with Gasteiger partial charge in [0.25, 0.3) is 0 Å². The van der Waals surface area contributed by atoms with Crippen LogP contribution in [0.2, 0.25) is 0 Å². The van der Waals surface area contributed by atoms with Crippen molar-refractivity contribution in [3.05, 3.63) is 41.8 Å². The summed E-state index contributed by atoms with van der Waals surface area (Å²) in [6.07, 6.45) is 1.40. The molecule has 0 fully saturated rings. The Morgan fingerprint density at radius 1 is 1.40 bits per heavy atom. The van der Waals surface area contributed by atoms with Crippen molar-refractivity contribution in [1.82, 2.24) is 9.78 Å². The molecule has 0 saturated carbocycles. The van der Waals surface area contributed by atoms with Gasteiger partial charge < -0.3 is 5.73 Å². The van der Waals surface area contributed by atoms with Gasteiger partial charge in [-0.2, -0.15) is 5.26 Å². The number of nitriles is 1. The number of anilines is 1. The SMILES string of the molecule is N#Cc1cn(-c2ccccc2F)nc1N. The maximum absolute atomic E-state index is 13.3.